The SMILES string of the molecule is NC1C2CCC(C2)C1C(=O)NCCC(=O)N1CCOCC1. The van der Waals surface area contributed by atoms with Crippen molar-refractivity contribution < 1.29 is 14.3 Å². The number of amides is 2. The number of carbonyl (C=O) groups is 2. The molecule has 2 bridgehead atoms. The Labute approximate surface area is 125 Å². The Kier molecular flexibility index (Phi) is 4.45. The summed E-state index contributed by atoms with van der Waals surface area (Å²) in [5, 5.41) is 2.91. The van der Waals surface area contributed by atoms with Crippen molar-refractivity contribution in [3.05, 3.63) is 0 Å². The second-order valence-corrected chi connectivity index (χ2v) is 6.47. The number of nitrogens with one attached hydrogen (secondary N) is 1. The lowest BCUT2D eigenvalue weighted by molar-refractivity contribution is -0.135. The molecule has 0 aromatic carbocycles. The van der Waals surface area contributed by atoms with Crippen LogP contribution in [-0.4, -0.2) is 55.6 Å². The van der Waals surface area contributed by atoms with Gasteiger partial charge >= 0.3 is 0 Å². The minimum atomic E-state index is -0.0396. The molecule has 3 aliphatic rings. The molecule has 1 saturated heterocycles. The van der Waals surface area contributed by atoms with Crippen LogP contribution < -0.4 is 11.1 Å². The van der Waals surface area contributed by atoms with Crippen LogP contribution in [0.2, 0.25) is 0 Å². The molecule has 3 N–H and O–H groups in total. The first-order valence-electron chi connectivity index (χ1n) is 8.05. The number of rotatable bonds is 4. The average Bonchev–Trinajstić information content (AvgIpc) is 3.08. The summed E-state index contributed by atoms with van der Waals surface area (Å²) in [6.45, 7) is 2.94. The van der Waals surface area contributed by atoms with Crippen LogP contribution >= 0.6 is 0 Å². The fraction of sp³-hybridized carbons (Fsp3) is 0.867. The molecule has 1 aliphatic heterocycles. The van der Waals surface area contributed by atoms with Crippen molar-refractivity contribution in [1.82, 2.24) is 10.2 Å². The first kappa shape index (κ1) is 14.8. The van der Waals surface area contributed by atoms with Crippen LogP contribution in [0, 0.1) is 17.8 Å². The predicted octanol–water partition coefficient (Wildman–Crippen LogP) is -0.275. The lowest BCUT2D eigenvalue weighted by atomic mass is 9.84. The molecule has 3 fully saturated rings. The van der Waals surface area contributed by atoms with E-state index in [0.717, 1.165) is 12.8 Å². The zero-order valence-electron chi connectivity index (χ0n) is 12.4. The average molecular weight is 295 g/mol. The highest BCUT2D eigenvalue weighted by Gasteiger charge is 2.48. The van der Waals surface area contributed by atoms with Crippen molar-refractivity contribution in [3.63, 3.8) is 0 Å². The second kappa shape index (κ2) is 6.32. The monoisotopic (exact) mass is 295 g/mol. The van der Waals surface area contributed by atoms with E-state index in [9.17, 15) is 9.59 Å². The van der Waals surface area contributed by atoms with Gasteiger partial charge in [0.15, 0.2) is 0 Å². The zero-order valence-corrected chi connectivity index (χ0v) is 12.4. The number of fused-ring (bicyclic) bond motifs is 2. The molecule has 2 aliphatic carbocycles. The number of nitrogens with two attached hydrogens (primary N) is 1. The molecule has 0 radical (unpaired) electrons. The fourth-order valence-corrected chi connectivity index (χ4v) is 4.11. The van der Waals surface area contributed by atoms with Crippen LogP contribution in [0.4, 0.5) is 0 Å². The molecule has 2 saturated carbocycles. The molecule has 1 heterocycles. The molecular weight excluding hydrogens is 270 g/mol. The summed E-state index contributed by atoms with van der Waals surface area (Å²) >= 11 is 0. The van der Waals surface area contributed by atoms with Gasteiger partial charge in [-0.1, -0.05) is 0 Å². The van der Waals surface area contributed by atoms with Gasteiger partial charge in [-0.15, -0.1) is 0 Å². The lowest BCUT2D eigenvalue weighted by Crippen LogP contribution is -2.46. The zero-order chi connectivity index (χ0) is 14.8. The number of ether oxygens (including phenoxy) is 1. The van der Waals surface area contributed by atoms with E-state index in [2.05, 4.69) is 5.32 Å². The normalized spacial score (nSPS) is 35.0. The Hall–Kier alpha value is -1.14. The molecule has 0 spiro atoms. The summed E-state index contributed by atoms with van der Waals surface area (Å²) in [7, 11) is 0. The van der Waals surface area contributed by atoms with E-state index in [4.69, 9.17) is 10.5 Å². The van der Waals surface area contributed by atoms with Crippen LogP contribution in [0.3, 0.4) is 0 Å². The topological polar surface area (TPSA) is 84.7 Å². The summed E-state index contributed by atoms with van der Waals surface area (Å²) in [5.41, 5.74) is 6.16. The molecule has 2 amide bonds. The van der Waals surface area contributed by atoms with Gasteiger partial charge in [-0.25, -0.2) is 0 Å². The van der Waals surface area contributed by atoms with Gasteiger partial charge in [0.25, 0.3) is 0 Å². The summed E-state index contributed by atoms with van der Waals surface area (Å²) in [4.78, 5) is 26.1. The highest BCUT2D eigenvalue weighted by Crippen LogP contribution is 2.47. The molecule has 118 valence electrons. The van der Waals surface area contributed by atoms with Gasteiger partial charge in [-0.3, -0.25) is 9.59 Å². The van der Waals surface area contributed by atoms with Crippen molar-refractivity contribution in [2.75, 3.05) is 32.8 Å². The number of nitrogens with zero attached hydrogens (tertiary/aromatic N) is 1. The molecule has 21 heavy (non-hydrogen) atoms. The minimum Gasteiger partial charge on any atom is -0.378 e. The highest BCUT2D eigenvalue weighted by atomic mass is 16.5. The summed E-state index contributed by atoms with van der Waals surface area (Å²) in [6.07, 6.45) is 3.77. The van der Waals surface area contributed by atoms with E-state index in [0.29, 0.717) is 51.1 Å². The highest BCUT2D eigenvalue weighted by molar-refractivity contribution is 5.81. The van der Waals surface area contributed by atoms with Gasteiger partial charge < -0.3 is 20.7 Å². The number of hydrogen-bond acceptors (Lipinski definition) is 4. The van der Waals surface area contributed by atoms with E-state index < -0.39 is 0 Å². The van der Waals surface area contributed by atoms with Crippen molar-refractivity contribution in [2.45, 2.75) is 31.7 Å². The molecule has 4 atom stereocenters. The molecule has 6 heteroatoms. The third kappa shape index (κ3) is 3.06. The number of morpholine rings is 1. The molecular formula is C15H25N3O3. The first-order valence-corrected chi connectivity index (χ1v) is 8.05. The van der Waals surface area contributed by atoms with Gasteiger partial charge in [0.05, 0.1) is 19.1 Å². The van der Waals surface area contributed by atoms with Crippen LogP contribution in [0.1, 0.15) is 25.7 Å². The molecule has 0 aromatic heterocycles. The number of hydrogen-bond donors (Lipinski definition) is 2. The van der Waals surface area contributed by atoms with Gasteiger partial charge in [-0.2, -0.15) is 0 Å². The first-order chi connectivity index (χ1) is 10.2. The fourth-order valence-electron chi connectivity index (χ4n) is 4.11. The third-order valence-electron chi connectivity index (χ3n) is 5.29. The largest absolute Gasteiger partial charge is 0.378 e. The van der Waals surface area contributed by atoms with Gasteiger partial charge in [-0.05, 0) is 31.1 Å². The minimum absolute atomic E-state index is 0.0127. The lowest BCUT2D eigenvalue weighted by Gasteiger charge is -2.28. The van der Waals surface area contributed by atoms with Gasteiger partial charge in [0, 0.05) is 32.1 Å². The van der Waals surface area contributed by atoms with Crippen molar-refractivity contribution >= 4 is 11.8 Å². The Balaban J connectivity index is 1.41. The van der Waals surface area contributed by atoms with E-state index in [1.54, 1.807) is 4.90 Å². The van der Waals surface area contributed by atoms with Crippen LogP contribution in [-0.2, 0) is 14.3 Å². The van der Waals surface area contributed by atoms with Gasteiger partial charge in [0.2, 0.25) is 11.8 Å². The molecule has 4 unspecified atom stereocenters. The summed E-state index contributed by atoms with van der Waals surface area (Å²) in [6, 6.07) is 0.0127. The van der Waals surface area contributed by atoms with E-state index in [-0.39, 0.29) is 23.8 Å². The maximum Gasteiger partial charge on any atom is 0.224 e. The maximum atomic E-state index is 12.3. The Bertz CT molecular complexity index is 407. The smallest absolute Gasteiger partial charge is 0.224 e. The summed E-state index contributed by atoms with van der Waals surface area (Å²) < 4.78 is 5.22. The van der Waals surface area contributed by atoms with Crippen molar-refractivity contribution in [3.8, 4) is 0 Å². The Morgan fingerprint density at radius 3 is 2.57 bits per heavy atom. The molecule has 6 nitrogen and oxygen atoms in total. The standard InChI is InChI=1S/C15H25N3O3/c16-14-11-2-1-10(9-11)13(14)15(20)17-4-3-12(19)18-5-7-21-8-6-18/h10-11,13-14H,1-9,16H2,(H,17,20). The van der Waals surface area contributed by atoms with Crippen LogP contribution in [0.15, 0.2) is 0 Å². The van der Waals surface area contributed by atoms with E-state index in [1.807, 2.05) is 0 Å². The van der Waals surface area contributed by atoms with Crippen LogP contribution in [0.5, 0.6) is 0 Å². The quantitative estimate of drug-likeness (QED) is 0.747. The molecule has 3 rings (SSSR count). The Morgan fingerprint density at radius 2 is 1.90 bits per heavy atom. The van der Waals surface area contributed by atoms with Crippen LogP contribution in [0.25, 0.3) is 0 Å². The maximum absolute atomic E-state index is 12.3. The van der Waals surface area contributed by atoms with Crippen molar-refractivity contribution in [1.29, 1.82) is 0 Å². The van der Waals surface area contributed by atoms with Gasteiger partial charge in [0.1, 0.15) is 0 Å². The number of carbonyl (C=O) groups excluding carboxylic acids is 2. The summed E-state index contributed by atoms with van der Waals surface area (Å²) in [5.74, 6) is 1.09. The third-order valence-corrected chi connectivity index (χ3v) is 5.29. The van der Waals surface area contributed by atoms with E-state index >= 15 is 0 Å². The molecule has 0 aromatic rings. The predicted molar refractivity (Wildman–Crippen MR) is 77.3 cm³/mol. The second-order valence-electron chi connectivity index (χ2n) is 6.47. The Morgan fingerprint density at radius 1 is 1.19 bits per heavy atom. The van der Waals surface area contributed by atoms with E-state index in [1.165, 1.54) is 6.42 Å². The van der Waals surface area contributed by atoms with Crippen molar-refractivity contribution in [2.24, 2.45) is 23.5 Å².